The van der Waals surface area contributed by atoms with Crippen LogP contribution >= 0.6 is 22.6 Å². The van der Waals surface area contributed by atoms with E-state index in [-0.39, 0.29) is 0 Å². The summed E-state index contributed by atoms with van der Waals surface area (Å²) < 4.78 is 5.46. The van der Waals surface area contributed by atoms with Crippen molar-refractivity contribution in [3.8, 4) is 0 Å². The largest absolute Gasteiger partial charge is 0.465 e. The molecule has 4 heteroatoms. The molecule has 0 aliphatic carbocycles. The van der Waals surface area contributed by atoms with Crippen molar-refractivity contribution in [3.63, 3.8) is 0 Å². The summed E-state index contributed by atoms with van der Waals surface area (Å²) in [5.74, 6) is -0.400. The Morgan fingerprint density at radius 3 is 2.71 bits per heavy atom. The van der Waals surface area contributed by atoms with Crippen molar-refractivity contribution in [1.29, 1.82) is 0 Å². The highest BCUT2D eigenvalue weighted by Crippen LogP contribution is 2.24. The highest BCUT2D eigenvalue weighted by Gasteiger charge is 2.13. The monoisotopic (exact) mass is 301 g/mol. The predicted molar refractivity (Wildman–Crippen MR) is 61.5 cm³/mol. The van der Waals surface area contributed by atoms with E-state index >= 15 is 0 Å². The summed E-state index contributed by atoms with van der Waals surface area (Å²) in [5, 5.41) is 0. The lowest BCUT2D eigenvalue weighted by molar-refractivity contribution is 0.0599. The molecular weight excluding hydrogens is 293 g/mol. The summed E-state index contributed by atoms with van der Waals surface area (Å²) in [6.07, 6.45) is 0. The molecule has 3 nitrogen and oxygen atoms in total. The molecule has 0 unspecified atom stereocenters. The first-order chi connectivity index (χ1) is 6.60. The molecule has 1 aromatic carbocycles. The van der Waals surface area contributed by atoms with Gasteiger partial charge >= 0.3 is 5.97 Å². The van der Waals surface area contributed by atoms with Crippen LogP contribution in [0.4, 0.5) is 5.69 Å². The normalized spacial score (nSPS) is 9.29. The molecule has 0 N–H and O–H groups in total. The highest BCUT2D eigenvalue weighted by molar-refractivity contribution is 14.1. The summed E-state index contributed by atoms with van der Waals surface area (Å²) in [5.41, 5.74) is 1.84. The van der Waals surface area contributed by atoms with Gasteiger partial charge in [-0.1, -0.05) is 6.07 Å². The first kappa shape index (κ1) is 11.0. The van der Waals surface area contributed by atoms with Crippen molar-refractivity contribution in [2.75, 3.05) is 7.11 Å². The Kier molecular flexibility index (Phi) is 3.47. The average molecular weight is 301 g/mol. The van der Waals surface area contributed by atoms with Gasteiger partial charge in [0, 0.05) is 3.57 Å². The molecule has 0 aliphatic rings. The van der Waals surface area contributed by atoms with Gasteiger partial charge in [0.05, 0.1) is 19.2 Å². The summed E-state index contributed by atoms with van der Waals surface area (Å²) in [6.45, 7) is 8.74. The number of carbonyl (C=O) groups is 1. The van der Waals surface area contributed by atoms with Gasteiger partial charge in [-0.05, 0) is 41.1 Å². The number of aryl methyl sites for hydroxylation is 1. The molecule has 0 amide bonds. The summed E-state index contributed by atoms with van der Waals surface area (Å²) in [4.78, 5) is 14.6. The van der Waals surface area contributed by atoms with Gasteiger partial charge in [0.15, 0.2) is 5.69 Å². The molecule has 0 saturated carbocycles. The van der Waals surface area contributed by atoms with Gasteiger partial charge in [-0.25, -0.2) is 9.64 Å². The van der Waals surface area contributed by atoms with Gasteiger partial charge in [-0.2, -0.15) is 0 Å². The van der Waals surface area contributed by atoms with Crippen LogP contribution in [0, 0.1) is 17.1 Å². The lowest BCUT2D eigenvalue weighted by Gasteiger charge is -2.05. The number of nitrogens with zero attached hydrogens (tertiary/aromatic N) is 1. The maximum atomic E-state index is 11.3. The maximum Gasteiger partial charge on any atom is 0.337 e. The van der Waals surface area contributed by atoms with Crippen LogP contribution in [0.3, 0.4) is 0 Å². The Balaban J connectivity index is 3.36. The third-order valence-corrected chi connectivity index (χ3v) is 3.21. The number of hydrogen-bond donors (Lipinski definition) is 0. The molecule has 0 radical (unpaired) electrons. The van der Waals surface area contributed by atoms with Crippen LogP contribution in [0.5, 0.6) is 0 Å². The van der Waals surface area contributed by atoms with Crippen LogP contribution in [-0.2, 0) is 4.74 Å². The predicted octanol–water partition coefficient (Wildman–Crippen LogP) is 2.94. The van der Waals surface area contributed by atoms with E-state index in [1.54, 1.807) is 12.1 Å². The van der Waals surface area contributed by atoms with Gasteiger partial charge in [0.1, 0.15) is 0 Å². The van der Waals surface area contributed by atoms with Crippen LogP contribution in [0.25, 0.3) is 4.85 Å². The zero-order valence-corrected chi connectivity index (χ0v) is 9.95. The molecule has 0 fully saturated rings. The topological polar surface area (TPSA) is 30.7 Å². The van der Waals surface area contributed by atoms with E-state index in [9.17, 15) is 4.79 Å². The highest BCUT2D eigenvalue weighted by atomic mass is 127. The number of hydrogen-bond acceptors (Lipinski definition) is 2. The van der Waals surface area contributed by atoms with Crippen molar-refractivity contribution < 1.29 is 9.53 Å². The van der Waals surface area contributed by atoms with Crippen LogP contribution < -0.4 is 0 Å². The van der Waals surface area contributed by atoms with E-state index in [2.05, 4.69) is 32.2 Å². The van der Waals surface area contributed by atoms with E-state index in [0.29, 0.717) is 11.3 Å². The number of methoxy groups -OCH3 is 1. The average Bonchev–Trinajstić information content (AvgIpc) is 2.20. The fraction of sp³-hybridized carbons (Fsp3) is 0.200. The second kappa shape index (κ2) is 4.42. The maximum absolute atomic E-state index is 11.3. The third kappa shape index (κ3) is 2.04. The molecule has 0 saturated heterocycles. The molecule has 0 aliphatic heterocycles. The van der Waals surface area contributed by atoms with Crippen LogP contribution in [-0.4, -0.2) is 13.1 Å². The zero-order chi connectivity index (χ0) is 10.7. The Labute approximate surface area is 96.0 Å². The lowest BCUT2D eigenvalue weighted by Crippen LogP contribution is -2.04. The first-order valence-electron chi connectivity index (χ1n) is 3.86. The third-order valence-electron chi connectivity index (χ3n) is 1.77. The Morgan fingerprint density at radius 1 is 1.57 bits per heavy atom. The second-order valence-electron chi connectivity index (χ2n) is 2.73. The quantitative estimate of drug-likeness (QED) is 0.453. The first-order valence-corrected chi connectivity index (χ1v) is 4.94. The summed E-state index contributed by atoms with van der Waals surface area (Å²) in [6, 6.07) is 3.30. The summed E-state index contributed by atoms with van der Waals surface area (Å²) in [7, 11) is 1.33. The minimum Gasteiger partial charge on any atom is -0.465 e. The Hall–Kier alpha value is -1.09. The number of rotatable bonds is 1. The van der Waals surface area contributed by atoms with E-state index in [1.807, 2.05) is 6.92 Å². The van der Waals surface area contributed by atoms with Gasteiger partial charge < -0.3 is 4.74 Å². The van der Waals surface area contributed by atoms with Gasteiger partial charge in [0.25, 0.3) is 0 Å². The van der Waals surface area contributed by atoms with E-state index < -0.39 is 5.97 Å². The Morgan fingerprint density at radius 2 is 2.21 bits per heavy atom. The number of carbonyl (C=O) groups excluding carboxylic acids is 1. The molecule has 0 heterocycles. The van der Waals surface area contributed by atoms with Gasteiger partial charge in [-0.15, -0.1) is 0 Å². The smallest absolute Gasteiger partial charge is 0.337 e. The van der Waals surface area contributed by atoms with Crippen molar-refractivity contribution in [2.45, 2.75) is 6.92 Å². The fourth-order valence-electron chi connectivity index (χ4n) is 1.07. The van der Waals surface area contributed by atoms with E-state index in [0.717, 1.165) is 9.13 Å². The van der Waals surface area contributed by atoms with Crippen LogP contribution in [0.2, 0.25) is 0 Å². The molecular formula is C10H8INO2. The van der Waals surface area contributed by atoms with Crippen molar-refractivity contribution >= 4 is 34.2 Å². The number of benzene rings is 1. The van der Waals surface area contributed by atoms with Crippen molar-refractivity contribution in [2.24, 2.45) is 0 Å². The number of ether oxygens (including phenoxy) is 1. The number of halogens is 1. The van der Waals surface area contributed by atoms with Crippen LogP contribution in [0.1, 0.15) is 15.9 Å². The summed E-state index contributed by atoms with van der Waals surface area (Å²) >= 11 is 2.07. The molecule has 72 valence electrons. The fourth-order valence-corrected chi connectivity index (χ4v) is 1.61. The molecule has 0 spiro atoms. The standard InChI is InChI=1S/C10H8INO2/c1-6-4-7(12-2)5-8(9(6)11)10(13)14-3/h4-5H,1,3H3. The zero-order valence-electron chi connectivity index (χ0n) is 7.80. The van der Waals surface area contributed by atoms with Crippen molar-refractivity contribution in [1.82, 2.24) is 0 Å². The van der Waals surface area contributed by atoms with E-state index in [1.165, 1.54) is 7.11 Å². The molecule has 0 atom stereocenters. The minimum atomic E-state index is -0.400. The Bertz CT molecular complexity index is 421. The second-order valence-corrected chi connectivity index (χ2v) is 3.81. The molecule has 1 rings (SSSR count). The SMILES string of the molecule is [C-]#[N+]c1cc(C)c(I)c(C(=O)OC)c1. The van der Waals surface area contributed by atoms with E-state index in [4.69, 9.17) is 6.57 Å². The lowest BCUT2D eigenvalue weighted by atomic mass is 10.1. The molecule has 0 bridgehead atoms. The van der Waals surface area contributed by atoms with Crippen molar-refractivity contribution in [3.05, 3.63) is 38.2 Å². The minimum absolute atomic E-state index is 0.400. The molecule has 0 aromatic heterocycles. The number of esters is 1. The molecule has 14 heavy (non-hydrogen) atoms. The van der Waals surface area contributed by atoms with Gasteiger partial charge in [0.2, 0.25) is 0 Å². The van der Waals surface area contributed by atoms with Gasteiger partial charge in [-0.3, -0.25) is 0 Å². The van der Waals surface area contributed by atoms with Crippen LogP contribution in [0.15, 0.2) is 12.1 Å². The molecule has 1 aromatic rings.